The predicted octanol–water partition coefficient (Wildman–Crippen LogP) is 2.55. The summed E-state index contributed by atoms with van der Waals surface area (Å²) >= 11 is 0. The molecule has 1 atom stereocenters. The van der Waals surface area contributed by atoms with Crippen molar-refractivity contribution in [1.29, 1.82) is 0 Å². The van der Waals surface area contributed by atoms with E-state index < -0.39 is 0 Å². The van der Waals surface area contributed by atoms with Gasteiger partial charge in [0, 0.05) is 24.8 Å². The van der Waals surface area contributed by atoms with Crippen LogP contribution in [0, 0.1) is 18.2 Å². The Labute approximate surface area is 137 Å². The summed E-state index contributed by atoms with van der Waals surface area (Å²) in [6.07, 6.45) is 0.888. The van der Waals surface area contributed by atoms with Gasteiger partial charge in [0.2, 0.25) is 5.91 Å². The third-order valence-corrected chi connectivity index (χ3v) is 4.21. The molecule has 22 heavy (non-hydrogen) atoms. The highest BCUT2D eigenvalue weighted by Crippen LogP contribution is 2.27. The maximum atomic E-state index is 13.5. The molecule has 6 heteroatoms. The van der Waals surface area contributed by atoms with Gasteiger partial charge in [0.05, 0.1) is 6.54 Å². The Morgan fingerprint density at radius 3 is 2.77 bits per heavy atom. The zero-order valence-electron chi connectivity index (χ0n) is 13.4. The summed E-state index contributed by atoms with van der Waals surface area (Å²) < 4.78 is 13.5. The van der Waals surface area contributed by atoms with Crippen LogP contribution in [0.1, 0.15) is 25.8 Å². The molecule has 4 nitrogen and oxygen atoms in total. The second kappa shape index (κ2) is 7.40. The van der Waals surface area contributed by atoms with Crippen LogP contribution in [-0.4, -0.2) is 36.5 Å². The predicted molar refractivity (Wildman–Crippen MR) is 89.8 cm³/mol. The van der Waals surface area contributed by atoms with Crippen LogP contribution in [0.2, 0.25) is 0 Å². The van der Waals surface area contributed by atoms with Gasteiger partial charge in [-0.1, -0.05) is 19.9 Å². The molecule has 0 aromatic heterocycles. The van der Waals surface area contributed by atoms with Crippen molar-refractivity contribution in [1.82, 2.24) is 4.90 Å². The quantitative estimate of drug-likeness (QED) is 0.896. The number of nitrogens with zero attached hydrogens (tertiary/aromatic N) is 1. The molecule has 1 aliphatic rings. The number of carbonyl (C=O) groups is 1. The molecule has 1 amide bonds. The number of halogens is 2. The number of amides is 1. The zero-order valence-corrected chi connectivity index (χ0v) is 14.2. The molecule has 1 fully saturated rings. The van der Waals surface area contributed by atoms with Gasteiger partial charge >= 0.3 is 0 Å². The van der Waals surface area contributed by atoms with Gasteiger partial charge in [-0.25, -0.2) is 4.39 Å². The van der Waals surface area contributed by atoms with E-state index in [0.717, 1.165) is 19.5 Å². The van der Waals surface area contributed by atoms with Gasteiger partial charge in [0.25, 0.3) is 0 Å². The van der Waals surface area contributed by atoms with Crippen LogP contribution in [0.5, 0.6) is 0 Å². The molecule has 2 rings (SSSR count). The number of hydrogen-bond acceptors (Lipinski definition) is 3. The second-order valence-electron chi connectivity index (χ2n) is 6.61. The zero-order chi connectivity index (χ0) is 15.6. The van der Waals surface area contributed by atoms with E-state index in [1.54, 1.807) is 19.1 Å². The average Bonchev–Trinajstić information content (AvgIpc) is 2.38. The first-order valence-corrected chi connectivity index (χ1v) is 7.32. The third-order valence-electron chi connectivity index (χ3n) is 4.21. The third kappa shape index (κ3) is 4.66. The van der Waals surface area contributed by atoms with E-state index in [2.05, 4.69) is 24.1 Å². The topological polar surface area (TPSA) is 58.4 Å². The first-order valence-electron chi connectivity index (χ1n) is 7.32. The average molecular weight is 330 g/mol. The molecule has 0 spiro atoms. The molecule has 124 valence electrons. The Morgan fingerprint density at radius 2 is 2.18 bits per heavy atom. The monoisotopic (exact) mass is 329 g/mol. The van der Waals surface area contributed by atoms with Crippen LogP contribution < -0.4 is 11.1 Å². The highest BCUT2D eigenvalue weighted by Gasteiger charge is 2.33. The summed E-state index contributed by atoms with van der Waals surface area (Å²) in [5.41, 5.74) is 7.17. The van der Waals surface area contributed by atoms with Crippen molar-refractivity contribution in [3.8, 4) is 0 Å². The lowest BCUT2D eigenvalue weighted by Crippen LogP contribution is -2.53. The van der Waals surface area contributed by atoms with Crippen LogP contribution in [0.4, 0.5) is 10.1 Å². The Bertz CT molecular complexity index is 536. The molecular weight excluding hydrogens is 305 g/mol. The molecule has 0 bridgehead atoms. The van der Waals surface area contributed by atoms with Crippen molar-refractivity contribution < 1.29 is 9.18 Å². The fraction of sp³-hybridized carbons (Fsp3) is 0.562. The van der Waals surface area contributed by atoms with Crippen LogP contribution >= 0.6 is 12.4 Å². The van der Waals surface area contributed by atoms with Crippen molar-refractivity contribution >= 4 is 24.0 Å². The van der Waals surface area contributed by atoms with E-state index in [1.807, 2.05) is 0 Å². The summed E-state index contributed by atoms with van der Waals surface area (Å²) in [4.78, 5) is 14.2. The molecule has 1 aromatic carbocycles. The SMILES string of the molecule is Cc1ccc(NC(=O)CN2CCC(N)C(C)(C)C2)cc1F.Cl. The molecule has 1 aliphatic heterocycles. The standard InChI is InChI=1S/C16H24FN3O.ClH/c1-11-4-5-12(8-13(11)17)19-15(21)9-20-7-6-14(18)16(2,3)10-20;/h4-5,8,14H,6-7,9-10,18H2,1-3H3,(H,19,21);1H. The lowest BCUT2D eigenvalue weighted by molar-refractivity contribution is -0.118. The van der Waals surface area contributed by atoms with Gasteiger partial charge in [-0.2, -0.15) is 0 Å². The number of aryl methyl sites for hydroxylation is 1. The molecule has 1 unspecified atom stereocenters. The Hall–Kier alpha value is -1.17. The van der Waals surface area contributed by atoms with Gasteiger partial charge in [-0.05, 0) is 36.5 Å². The fourth-order valence-electron chi connectivity index (χ4n) is 2.69. The summed E-state index contributed by atoms with van der Waals surface area (Å²) in [6, 6.07) is 4.90. The number of benzene rings is 1. The van der Waals surface area contributed by atoms with E-state index in [-0.39, 0.29) is 35.6 Å². The molecule has 0 saturated carbocycles. The number of hydrogen-bond donors (Lipinski definition) is 2. The molecule has 3 N–H and O–H groups in total. The minimum absolute atomic E-state index is 0. The number of piperidine rings is 1. The van der Waals surface area contributed by atoms with E-state index in [0.29, 0.717) is 17.8 Å². The fourth-order valence-corrected chi connectivity index (χ4v) is 2.69. The molecular formula is C16H25ClFN3O. The van der Waals surface area contributed by atoms with Gasteiger partial charge in [0.15, 0.2) is 0 Å². The van der Waals surface area contributed by atoms with Crippen molar-refractivity contribution in [2.24, 2.45) is 11.1 Å². The van der Waals surface area contributed by atoms with Gasteiger partial charge in [0.1, 0.15) is 5.82 Å². The number of nitrogens with one attached hydrogen (secondary N) is 1. The Balaban J connectivity index is 0.00000242. The van der Waals surface area contributed by atoms with Crippen LogP contribution in [0.15, 0.2) is 18.2 Å². The maximum Gasteiger partial charge on any atom is 0.238 e. The smallest absolute Gasteiger partial charge is 0.238 e. The lowest BCUT2D eigenvalue weighted by Gasteiger charge is -2.42. The molecule has 1 aromatic rings. The number of likely N-dealkylation sites (tertiary alicyclic amines) is 1. The van der Waals surface area contributed by atoms with Crippen molar-refractivity contribution in [2.45, 2.75) is 33.2 Å². The number of anilines is 1. The number of rotatable bonds is 3. The number of nitrogens with two attached hydrogens (primary N) is 1. The summed E-state index contributed by atoms with van der Waals surface area (Å²) in [7, 11) is 0. The first-order chi connectivity index (χ1) is 9.78. The summed E-state index contributed by atoms with van der Waals surface area (Å²) in [6.45, 7) is 7.86. The summed E-state index contributed by atoms with van der Waals surface area (Å²) in [5, 5.41) is 2.74. The minimum atomic E-state index is -0.308. The van der Waals surface area contributed by atoms with E-state index in [9.17, 15) is 9.18 Å². The molecule has 0 aliphatic carbocycles. The Kier molecular flexibility index (Phi) is 6.35. The van der Waals surface area contributed by atoms with Crippen molar-refractivity contribution in [3.63, 3.8) is 0 Å². The normalized spacial score (nSPS) is 21.0. The minimum Gasteiger partial charge on any atom is -0.327 e. The van der Waals surface area contributed by atoms with E-state index in [4.69, 9.17) is 5.73 Å². The summed E-state index contributed by atoms with van der Waals surface area (Å²) in [5.74, 6) is -0.428. The highest BCUT2D eigenvalue weighted by atomic mass is 35.5. The van der Waals surface area contributed by atoms with Crippen molar-refractivity contribution in [2.75, 3.05) is 25.0 Å². The maximum absolute atomic E-state index is 13.5. The molecule has 0 radical (unpaired) electrons. The van der Waals surface area contributed by atoms with E-state index >= 15 is 0 Å². The van der Waals surface area contributed by atoms with Gasteiger partial charge in [-0.15, -0.1) is 12.4 Å². The highest BCUT2D eigenvalue weighted by molar-refractivity contribution is 5.92. The van der Waals surface area contributed by atoms with Crippen LogP contribution in [-0.2, 0) is 4.79 Å². The van der Waals surface area contributed by atoms with E-state index in [1.165, 1.54) is 6.07 Å². The second-order valence-corrected chi connectivity index (χ2v) is 6.61. The van der Waals surface area contributed by atoms with Gasteiger partial charge < -0.3 is 11.1 Å². The van der Waals surface area contributed by atoms with Crippen molar-refractivity contribution in [3.05, 3.63) is 29.6 Å². The largest absolute Gasteiger partial charge is 0.327 e. The molecule has 1 saturated heterocycles. The number of carbonyl (C=O) groups excluding carboxylic acids is 1. The lowest BCUT2D eigenvalue weighted by atomic mass is 9.80. The van der Waals surface area contributed by atoms with Crippen LogP contribution in [0.3, 0.4) is 0 Å². The van der Waals surface area contributed by atoms with Crippen LogP contribution in [0.25, 0.3) is 0 Å². The molecule has 1 heterocycles. The van der Waals surface area contributed by atoms with Gasteiger partial charge in [-0.3, -0.25) is 9.69 Å². The Morgan fingerprint density at radius 1 is 1.50 bits per heavy atom. The first kappa shape index (κ1) is 18.9.